The number of hydrogen-bond acceptors (Lipinski definition) is 2. The van der Waals surface area contributed by atoms with E-state index in [0.29, 0.717) is 6.92 Å². The summed E-state index contributed by atoms with van der Waals surface area (Å²) >= 11 is 0. The van der Waals surface area contributed by atoms with Crippen molar-refractivity contribution in [2.24, 2.45) is 11.7 Å². The van der Waals surface area contributed by atoms with Gasteiger partial charge in [0.05, 0.1) is 6.04 Å². The lowest BCUT2D eigenvalue weighted by molar-refractivity contribution is -0.188. The third kappa shape index (κ3) is 3.50. The largest absolute Gasteiger partial charge is 0.415 e. The summed E-state index contributed by atoms with van der Waals surface area (Å²) in [5, 5.41) is 2.40. The van der Waals surface area contributed by atoms with Gasteiger partial charge in [0, 0.05) is 0 Å². The van der Waals surface area contributed by atoms with E-state index in [1.807, 2.05) is 13.8 Å². The maximum Gasteiger partial charge on any atom is 0.415 e. The second-order valence-electron chi connectivity index (χ2n) is 5.31. The normalized spacial score (nSPS) is 16.6. The van der Waals surface area contributed by atoms with Crippen molar-refractivity contribution >= 4 is 5.91 Å². The summed E-state index contributed by atoms with van der Waals surface area (Å²) in [5.41, 5.74) is 2.96. The Morgan fingerprint density at radius 1 is 1.20 bits per heavy atom. The third-order valence-corrected chi connectivity index (χ3v) is 3.17. The average Bonchev–Trinajstić information content (AvgIpc) is 2.34. The van der Waals surface area contributed by atoms with Gasteiger partial charge in [-0.05, 0) is 18.4 Å². The summed E-state index contributed by atoms with van der Waals surface area (Å²) in [6.07, 6.45) is -4.80. The number of benzene rings is 1. The Morgan fingerprint density at radius 3 is 2.10 bits per heavy atom. The van der Waals surface area contributed by atoms with Crippen molar-refractivity contribution in [1.29, 1.82) is 0 Å². The maximum atomic E-state index is 12.8. The zero-order valence-electron chi connectivity index (χ0n) is 11.7. The summed E-state index contributed by atoms with van der Waals surface area (Å²) in [6.45, 7) is 4.31. The minimum absolute atomic E-state index is 0.0645. The van der Waals surface area contributed by atoms with E-state index in [1.54, 1.807) is 30.3 Å². The van der Waals surface area contributed by atoms with Crippen LogP contribution in [0.2, 0.25) is 0 Å². The molecule has 0 aromatic heterocycles. The van der Waals surface area contributed by atoms with Crippen LogP contribution in [-0.2, 0) is 4.79 Å². The number of amides is 1. The molecule has 0 radical (unpaired) electrons. The van der Waals surface area contributed by atoms with Gasteiger partial charge in [-0.15, -0.1) is 0 Å². The molecule has 2 unspecified atom stereocenters. The number of carbonyl (C=O) groups is 1. The minimum Gasteiger partial charge on any atom is -0.347 e. The topological polar surface area (TPSA) is 55.1 Å². The van der Waals surface area contributed by atoms with Gasteiger partial charge in [0.25, 0.3) is 0 Å². The van der Waals surface area contributed by atoms with Crippen LogP contribution in [0.4, 0.5) is 13.2 Å². The van der Waals surface area contributed by atoms with Gasteiger partial charge in [-0.25, -0.2) is 0 Å². The molecule has 0 spiro atoms. The van der Waals surface area contributed by atoms with E-state index in [2.05, 4.69) is 5.32 Å². The first-order chi connectivity index (χ1) is 9.07. The zero-order valence-corrected chi connectivity index (χ0v) is 11.7. The van der Waals surface area contributed by atoms with Crippen molar-refractivity contribution < 1.29 is 18.0 Å². The highest BCUT2D eigenvalue weighted by Crippen LogP contribution is 2.30. The fourth-order valence-electron chi connectivity index (χ4n) is 1.72. The highest BCUT2D eigenvalue weighted by atomic mass is 19.4. The molecule has 6 heteroatoms. The maximum absolute atomic E-state index is 12.8. The van der Waals surface area contributed by atoms with Gasteiger partial charge in [0.2, 0.25) is 5.91 Å². The van der Waals surface area contributed by atoms with Crippen LogP contribution in [0.15, 0.2) is 30.3 Å². The van der Waals surface area contributed by atoms with Crippen LogP contribution in [0.25, 0.3) is 0 Å². The van der Waals surface area contributed by atoms with Crippen LogP contribution in [0, 0.1) is 5.92 Å². The molecule has 0 fully saturated rings. The number of nitrogens with two attached hydrogens (primary N) is 1. The standard InChI is InChI=1S/C14H19F3N2O/c1-9(2)11(10-7-5-4-6-8-10)19-12(20)13(3,18)14(15,16)17/h4-9,11H,18H2,1-3H3,(H,19,20). The van der Waals surface area contributed by atoms with Gasteiger partial charge in [0.1, 0.15) is 0 Å². The molecule has 0 aliphatic carbocycles. The van der Waals surface area contributed by atoms with Crippen molar-refractivity contribution in [2.75, 3.05) is 0 Å². The first-order valence-corrected chi connectivity index (χ1v) is 6.29. The van der Waals surface area contributed by atoms with Crippen LogP contribution in [-0.4, -0.2) is 17.6 Å². The van der Waals surface area contributed by atoms with Crippen LogP contribution in [0.5, 0.6) is 0 Å². The molecule has 0 aliphatic rings. The predicted molar refractivity (Wildman–Crippen MR) is 70.8 cm³/mol. The molecule has 112 valence electrons. The third-order valence-electron chi connectivity index (χ3n) is 3.17. The SMILES string of the molecule is CC(C)C(NC(=O)C(C)(N)C(F)(F)F)c1ccccc1. The van der Waals surface area contributed by atoms with E-state index >= 15 is 0 Å². The molecule has 0 saturated carbocycles. The van der Waals surface area contributed by atoms with Crippen molar-refractivity contribution in [3.8, 4) is 0 Å². The van der Waals surface area contributed by atoms with Gasteiger partial charge < -0.3 is 11.1 Å². The fraction of sp³-hybridized carbons (Fsp3) is 0.500. The van der Waals surface area contributed by atoms with Crippen molar-refractivity contribution in [1.82, 2.24) is 5.32 Å². The lowest BCUT2D eigenvalue weighted by Gasteiger charge is -2.30. The average molecular weight is 288 g/mol. The summed E-state index contributed by atoms with van der Waals surface area (Å²) in [5.74, 6) is -1.29. The second-order valence-corrected chi connectivity index (χ2v) is 5.31. The number of carbonyl (C=O) groups excluding carboxylic acids is 1. The number of halogens is 3. The van der Waals surface area contributed by atoms with Gasteiger partial charge in [-0.3, -0.25) is 4.79 Å². The van der Waals surface area contributed by atoms with Gasteiger partial charge in [0.15, 0.2) is 5.54 Å². The molecule has 0 heterocycles. The highest BCUT2D eigenvalue weighted by Gasteiger charge is 2.54. The molecule has 0 saturated heterocycles. The molecule has 1 aromatic rings. The quantitative estimate of drug-likeness (QED) is 0.895. The summed E-state index contributed by atoms with van der Waals surface area (Å²) in [7, 11) is 0. The predicted octanol–water partition coefficient (Wildman–Crippen LogP) is 2.78. The first-order valence-electron chi connectivity index (χ1n) is 6.29. The van der Waals surface area contributed by atoms with Crippen molar-refractivity contribution in [3.63, 3.8) is 0 Å². The van der Waals surface area contributed by atoms with Crippen LogP contribution >= 0.6 is 0 Å². The van der Waals surface area contributed by atoms with E-state index in [9.17, 15) is 18.0 Å². The molecule has 2 atom stereocenters. The van der Waals surface area contributed by atoms with Crippen molar-refractivity contribution in [3.05, 3.63) is 35.9 Å². The lowest BCUT2D eigenvalue weighted by Crippen LogP contribution is -2.62. The van der Waals surface area contributed by atoms with Gasteiger partial charge in [-0.2, -0.15) is 13.2 Å². The zero-order chi connectivity index (χ0) is 15.6. The first kappa shape index (κ1) is 16.5. The number of hydrogen-bond donors (Lipinski definition) is 2. The Bertz CT molecular complexity index is 455. The van der Waals surface area contributed by atoms with E-state index < -0.39 is 23.7 Å². The molecule has 0 aliphatic heterocycles. The molecular formula is C14H19F3N2O. The molecule has 20 heavy (non-hydrogen) atoms. The second kappa shape index (κ2) is 5.83. The van der Waals surface area contributed by atoms with Crippen LogP contribution in [0.1, 0.15) is 32.4 Å². The number of alkyl halides is 3. The lowest BCUT2D eigenvalue weighted by atomic mass is 9.94. The van der Waals surface area contributed by atoms with E-state index in [4.69, 9.17) is 5.73 Å². The fourth-order valence-corrected chi connectivity index (χ4v) is 1.72. The molecule has 1 rings (SSSR count). The van der Waals surface area contributed by atoms with Gasteiger partial charge in [-0.1, -0.05) is 44.2 Å². The smallest absolute Gasteiger partial charge is 0.347 e. The van der Waals surface area contributed by atoms with E-state index in [-0.39, 0.29) is 5.92 Å². The minimum atomic E-state index is -4.80. The number of rotatable bonds is 4. The number of nitrogens with one attached hydrogen (secondary N) is 1. The molecule has 3 nitrogen and oxygen atoms in total. The summed E-state index contributed by atoms with van der Waals surface area (Å²) < 4.78 is 38.3. The Morgan fingerprint density at radius 2 is 1.70 bits per heavy atom. The van der Waals surface area contributed by atoms with E-state index in [0.717, 1.165) is 5.56 Å². The Hall–Kier alpha value is -1.56. The highest BCUT2D eigenvalue weighted by molar-refractivity contribution is 5.87. The van der Waals surface area contributed by atoms with Crippen molar-refractivity contribution in [2.45, 2.75) is 38.5 Å². The van der Waals surface area contributed by atoms with E-state index in [1.165, 1.54) is 0 Å². The molecule has 1 aromatic carbocycles. The summed E-state index contributed by atoms with van der Waals surface area (Å²) in [6, 6.07) is 8.32. The Labute approximate surface area is 116 Å². The van der Waals surface area contributed by atoms with Gasteiger partial charge >= 0.3 is 6.18 Å². The molecule has 1 amide bonds. The Balaban J connectivity index is 2.96. The molecular weight excluding hydrogens is 269 g/mol. The molecule has 0 bridgehead atoms. The van der Waals surface area contributed by atoms with Crippen LogP contribution in [0.3, 0.4) is 0 Å². The molecule has 3 N–H and O–H groups in total. The summed E-state index contributed by atoms with van der Waals surface area (Å²) in [4.78, 5) is 11.8. The van der Waals surface area contributed by atoms with Crippen LogP contribution < -0.4 is 11.1 Å². The Kier molecular flexibility index (Phi) is 4.81. The monoisotopic (exact) mass is 288 g/mol.